The Kier molecular flexibility index (Phi) is 4.87. The number of halogens is 1. The van der Waals surface area contributed by atoms with Crippen molar-refractivity contribution in [1.82, 2.24) is 10.6 Å². The number of nitrogens with one attached hydrogen (secondary N) is 2. The summed E-state index contributed by atoms with van der Waals surface area (Å²) in [5, 5.41) is 6.02. The van der Waals surface area contributed by atoms with E-state index >= 15 is 0 Å². The van der Waals surface area contributed by atoms with Gasteiger partial charge >= 0.3 is 0 Å². The van der Waals surface area contributed by atoms with Crippen LogP contribution in [0.1, 0.15) is 24.9 Å². The summed E-state index contributed by atoms with van der Waals surface area (Å²) in [6.07, 6.45) is 0.346. The highest BCUT2D eigenvalue weighted by atomic mass is 19.1. The molecule has 1 aromatic carbocycles. The number of carbonyl (C=O) groups excluding carboxylic acids is 1. The summed E-state index contributed by atoms with van der Waals surface area (Å²) in [4.78, 5) is 11.9. The molecule has 1 fully saturated rings. The minimum atomic E-state index is -0.335. The van der Waals surface area contributed by atoms with Gasteiger partial charge in [-0.05, 0) is 13.0 Å². The molecule has 0 aromatic heterocycles. The lowest BCUT2D eigenvalue weighted by molar-refractivity contribution is -0.122. The molecule has 0 bridgehead atoms. The third-order valence-corrected chi connectivity index (χ3v) is 3.18. The highest BCUT2D eigenvalue weighted by Crippen LogP contribution is 2.16. The molecular weight excluding hydrogens is 247 g/mol. The van der Waals surface area contributed by atoms with Crippen molar-refractivity contribution in [3.63, 3.8) is 0 Å². The summed E-state index contributed by atoms with van der Waals surface area (Å²) in [5.41, 5.74) is 0.503. The van der Waals surface area contributed by atoms with Gasteiger partial charge in [-0.2, -0.15) is 0 Å². The number of hydrogen-bond donors (Lipinski definition) is 2. The van der Waals surface area contributed by atoms with Crippen molar-refractivity contribution in [3.8, 4) is 0 Å². The predicted octanol–water partition coefficient (Wildman–Crippen LogP) is 1.38. The van der Waals surface area contributed by atoms with Crippen molar-refractivity contribution >= 4 is 5.91 Å². The van der Waals surface area contributed by atoms with Crippen LogP contribution in [0.15, 0.2) is 24.3 Å². The Balaban J connectivity index is 1.86. The quantitative estimate of drug-likeness (QED) is 0.865. The fourth-order valence-electron chi connectivity index (χ4n) is 2.18. The standard InChI is InChI=1S/C14H19FN2O2/c1-10(12-4-2-3-5-13(12)15)17-14(18)8-11-9-19-7-6-16-11/h2-5,10-11,16H,6-9H2,1H3,(H,17,18)/t10-,11?/m1/s1. The second kappa shape index (κ2) is 6.63. The number of rotatable bonds is 4. The lowest BCUT2D eigenvalue weighted by Crippen LogP contribution is -2.44. The van der Waals surface area contributed by atoms with Crippen molar-refractivity contribution in [2.45, 2.75) is 25.4 Å². The molecule has 1 amide bonds. The zero-order chi connectivity index (χ0) is 13.7. The van der Waals surface area contributed by atoms with Gasteiger partial charge in [-0.25, -0.2) is 4.39 Å². The molecule has 104 valence electrons. The third kappa shape index (κ3) is 4.01. The van der Waals surface area contributed by atoms with Gasteiger partial charge in [-0.15, -0.1) is 0 Å². The van der Waals surface area contributed by atoms with E-state index in [1.807, 2.05) is 0 Å². The van der Waals surface area contributed by atoms with Gasteiger partial charge in [0.05, 0.1) is 19.3 Å². The maximum absolute atomic E-state index is 13.6. The normalized spacial score (nSPS) is 20.8. The van der Waals surface area contributed by atoms with Crippen LogP contribution in [0.25, 0.3) is 0 Å². The SMILES string of the molecule is C[C@@H](NC(=O)CC1COCCN1)c1ccccc1F. The zero-order valence-corrected chi connectivity index (χ0v) is 11.0. The summed E-state index contributed by atoms with van der Waals surface area (Å²) in [7, 11) is 0. The first-order valence-corrected chi connectivity index (χ1v) is 6.51. The second-order valence-electron chi connectivity index (χ2n) is 4.74. The minimum Gasteiger partial charge on any atom is -0.378 e. The number of morpholine rings is 1. The Bertz CT molecular complexity index is 433. The maximum Gasteiger partial charge on any atom is 0.222 e. The van der Waals surface area contributed by atoms with E-state index in [1.54, 1.807) is 25.1 Å². The topological polar surface area (TPSA) is 50.4 Å². The van der Waals surface area contributed by atoms with E-state index in [0.29, 0.717) is 25.2 Å². The first kappa shape index (κ1) is 14.0. The molecule has 0 spiro atoms. The summed E-state index contributed by atoms with van der Waals surface area (Å²) in [6.45, 7) is 3.77. The van der Waals surface area contributed by atoms with Crippen LogP contribution >= 0.6 is 0 Å². The predicted molar refractivity (Wildman–Crippen MR) is 70.2 cm³/mol. The molecule has 2 N–H and O–H groups in total. The van der Waals surface area contributed by atoms with Crippen LogP contribution in [0.2, 0.25) is 0 Å². The minimum absolute atomic E-state index is 0.0431. The van der Waals surface area contributed by atoms with Gasteiger partial charge in [0, 0.05) is 24.6 Å². The van der Waals surface area contributed by atoms with E-state index < -0.39 is 0 Å². The van der Waals surface area contributed by atoms with Gasteiger partial charge in [-0.1, -0.05) is 18.2 Å². The number of amides is 1. The first-order valence-electron chi connectivity index (χ1n) is 6.51. The molecular formula is C14H19FN2O2. The molecule has 2 rings (SSSR count). The fraction of sp³-hybridized carbons (Fsp3) is 0.500. The molecule has 1 saturated heterocycles. The van der Waals surface area contributed by atoms with E-state index in [9.17, 15) is 9.18 Å². The second-order valence-corrected chi connectivity index (χ2v) is 4.74. The van der Waals surface area contributed by atoms with Crippen molar-refractivity contribution in [2.75, 3.05) is 19.8 Å². The van der Waals surface area contributed by atoms with Crippen LogP contribution in [-0.2, 0) is 9.53 Å². The summed E-state index contributed by atoms with van der Waals surface area (Å²) >= 11 is 0. The Hall–Kier alpha value is -1.46. The zero-order valence-electron chi connectivity index (χ0n) is 11.0. The van der Waals surface area contributed by atoms with E-state index in [4.69, 9.17) is 4.74 Å². The van der Waals surface area contributed by atoms with Gasteiger partial charge in [0.15, 0.2) is 0 Å². The van der Waals surface area contributed by atoms with Crippen molar-refractivity contribution < 1.29 is 13.9 Å². The van der Waals surface area contributed by atoms with Gasteiger partial charge in [0.1, 0.15) is 5.82 Å². The number of benzene rings is 1. The first-order chi connectivity index (χ1) is 9.16. The Morgan fingerprint density at radius 1 is 1.58 bits per heavy atom. The molecule has 0 aliphatic carbocycles. The Morgan fingerprint density at radius 2 is 2.37 bits per heavy atom. The molecule has 1 aliphatic heterocycles. The summed E-state index contributed by atoms with van der Waals surface area (Å²) in [6, 6.07) is 6.19. The lowest BCUT2D eigenvalue weighted by atomic mass is 10.1. The van der Waals surface area contributed by atoms with Crippen LogP contribution in [0.5, 0.6) is 0 Å². The molecule has 4 nitrogen and oxygen atoms in total. The largest absolute Gasteiger partial charge is 0.378 e. The third-order valence-electron chi connectivity index (χ3n) is 3.18. The van der Waals surface area contributed by atoms with Crippen LogP contribution in [0, 0.1) is 5.82 Å². The summed E-state index contributed by atoms with van der Waals surface area (Å²) in [5.74, 6) is -0.395. The monoisotopic (exact) mass is 266 g/mol. The molecule has 1 heterocycles. The average molecular weight is 266 g/mol. The molecule has 19 heavy (non-hydrogen) atoms. The van der Waals surface area contributed by atoms with Crippen molar-refractivity contribution in [1.29, 1.82) is 0 Å². The molecule has 0 saturated carbocycles. The number of carbonyl (C=O) groups is 1. The average Bonchev–Trinajstić information content (AvgIpc) is 2.40. The van der Waals surface area contributed by atoms with Gasteiger partial charge in [-0.3, -0.25) is 4.79 Å². The smallest absolute Gasteiger partial charge is 0.222 e. The number of ether oxygens (including phenoxy) is 1. The van der Waals surface area contributed by atoms with Crippen molar-refractivity contribution in [3.05, 3.63) is 35.6 Å². The van der Waals surface area contributed by atoms with Gasteiger partial charge in [0.2, 0.25) is 5.91 Å². The highest BCUT2D eigenvalue weighted by Gasteiger charge is 2.19. The van der Waals surface area contributed by atoms with Crippen LogP contribution in [0.4, 0.5) is 4.39 Å². The molecule has 0 radical (unpaired) electrons. The van der Waals surface area contributed by atoms with Gasteiger partial charge in [0.25, 0.3) is 0 Å². The van der Waals surface area contributed by atoms with Crippen LogP contribution in [-0.4, -0.2) is 31.7 Å². The highest BCUT2D eigenvalue weighted by molar-refractivity contribution is 5.77. The Morgan fingerprint density at radius 3 is 3.05 bits per heavy atom. The number of hydrogen-bond acceptors (Lipinski definition) is 3. The van der Waals surface area contributed by atoms with E-state index in [-0.39, 0.29) is 23.8 Å². The maximum atomic E-state index is 13.6. The molecule has 2 atom stereocenters. The van der Waals surface area contributed by atoms with Crippen LogP contribution in [0.3, 0.4) is 0 Å². The van der Waals surface area contributed by atoms with E-state index in [1.165, 1.54) is 6.07 Å². The van der Waals surface area contributed by atoms with Gasteiger partial charge < -0.3 is 15.4 Å². The molecule has 1 aromatic rings. The lowest BCUT2D eigenvalue weighted by Gasteiger charge is -2.24. The van der Waals surface area contributed by atoms with Crippen molar-refractivity contribution in [2.24, 2.45) is 0 Å². The van der Waals surface area contributed by atoms with E-state index in [0.717, 1.165) is 6.54 Å². The molecule has 1 unspecified atom stereocenters. The summed E-state index contributed by atoms with van der Waals surface area (Å²) < 4.78 is 18.9. The Labute approximate surface area is 112 Å². The molecule has 5 heteroatoms. The van der Waals surface area contributed by atoms with E-state index in [2.05, 4.69) is 10.6 Å². The van der Waals surface area contributed by atoms with Crippen LogP contribution < -0.4 is 10.6 Å². The fourth-order valence-corrected chi connectivity index (χ4v) is 2.18. The molecule has 1 aliphatic rings.